The van der Waals surface area contributed by atoms with Crippen molar-refractivity contribution in [3.8, 4) is 0 Å². The first-order valence-corrected chi connectivity index (χ1v) is 10.4. The van der Waals surface area contributed by atoms with Gasteiger partial charge in [0.25, 0.3) is 0 Å². The van der Waals surface area contributed by atoms with E-state index in [2.05, 4.69) is 25.6 Å². The maximum Gasteiger partial charge on any atom is 0.224 e. The lowest BCUT2D eigenvalue weighted by Crippen LogP contribution is -2.29. The number of carbonyl (C=O) groups is 1. The number of rotatable bonds is 6. The van der Waals surface area contributed by atoms with Gasteiger partial charge in [0.2, 0.25) is 17.8 Å². The van der Waals surface area contributed by atoms with Crippen molar-refractivity contribution in [1.29, 1.82) is 0 Å². The highest BCUT2D eigenvalue weighted by molar-refractivity contribution is 5.78. The molecule has 33 heavy (non-hydrogen) atoms. The molecule has 178 valence electrons. The van der Waals surface area contributed by atoms with Gasteiger partial charge in [-0.25, -0.2) is 23.1 Å². The summed E-state index contributed by atoms with van der Waals surface area (Å²) in [6.45, 7) is 3.89. The molecule has 0 spiro atoms. The monoisotopic (exact) mass is 463 g/mol. The number of amides is 1. The standard InChI is InChI=1S/C21H24F3N7O.CH4/c1-10(2)27-20-26-9-16-19(30-20)31(13-5-3-11(4-6-13)18(25)32)21(28-16)29-17-14(23)7-12(22)8-15(17)24;/h7-11,13H,3-6H2,1-2H3,(H2,25,32)(H,28,29)(H,26,27,30);1H4. The van der Waals surface area contributed by atoms with Gasteiger partial charge in [0.1, 0.15) is 17.0 Å². The lowest BCUT2D eigenvalue weighted by molar-refractivity contribution is -0.122. The molecule has 3 aromatic rings. The second-order valence-corrected chi connectivity index (χ2v) is 8.28. The smallest absolute Gasteiger partial charge is 0.224 e. The highest BCUT2D eigenvalue weighted by atomic mass is 19.1. The first kappa shape index (κ1) is 24.3. The van der Waals surface area contributed by atoms with Gasteiger partial charge in [-0.1, -0.05) is 7.43 Å². The van der Waals surface area contributed by atoms with Gasteiger partial charge >= 0.3 is 0 Å². The Labute approximate surface area is 189 Å². The molecule has 0 atom stereocenters. The summed E-state index contributed by atoms with van der Waals surface area (Å²) in [5.74, 6) is -3.17. The number of benzene rings is 1. The number of nitrogens with two attached hydrogens (primary N) is 1. The summed E-state index contributed by atoms with van der Waals surface area (Å²) in [5.41, 5.74) is 5.86. The van der Waals surface area contributed by atoms with E-state index in [0.717, 1.165) is 0 Å². The fourth-order valence-electron chi connectivity index (χ4n) is 4.04. The highest BCUT2D eigenvalue weighted by Gasteiger charge is 2.29. The quantitative estimate of drug-likeness (QED) is 0.490. The van der Waals surface area contributed by atoms with Crippen LogP contribution in [0.2, 0.25) is 0 Å². The lowest BCUT2D eigenvalue weighted by Gasteiger charge is -2.29. The van der Waals surface area contributed by atoms with Crippen LogP contribution in [0.25, 0.3) is 11.2 Å². The Morgan fingerprint density at radius 3 is 2.33 bits per heavy atom. The van der Waals surface area contributed by atoms with Crippen molar-refractivity contribution < 1.29 is 18.0 Å². The Morgan fingerprint density at radius 1 is 1.12 bits per heavy atom. The van der Waals surface area contributed by atoms with E-state index in [9.17, 15) is 18.0 Å². The number of carbonyl (C=O) groups excluding carboxylic acids is 1. The van der Waals surface area contributed by atoms with E-state index in [-0.39, 0.29) is 37.3 Å². The summed E-state index contributed by atoms with van der Waals surface area (Å²) >= 11 is 0. The van der Waals surface area contributed by atoms with Crippen LogP contribution in [-0.4, -0.2) is 31.5 Å². The number of hydrogen-bond donors (Lipinski definition) is 3. The average Bonchev–Trinajstić information content (AvgIpc) is 3.07. The summed E-state index contributed by atoms with van der Waals surface area (Å²) in [5, 5.41) is 5.80. The lowest BCUT2D eigenvalue weighted by atomic mass is 9.85. The van der Waals surface area contributed by atoms with Crippen LogP contribution in [0.4, 0.5) is 30.8 Å². The Kier molecular flexibility index (Phi) is 7.09. The van der Waals surface area contributed by atoms with Crippen LogP contribution in [0.1, 0.15) is 53.0 Å². The minimum atomic E-state index is -1.08. The molecule has 1 amide bonds. The van der Waals surface area contributed by atoms with Gasteiger partial charge in [-0.3, -0.25) is 9.36 Å². The van der Waals surface area contributed by atoms with Crippen LogP contribution in [0.5, 0.6) is 0 Å². The largest absolute Gasteiger partial charge is 0.369 e. The topological polar surface area (TPSA) is 111 Å². The van der Waals surface area contributed by atoms with E-state index in [0.29, 0.717) is 54.9 Å². The summed E-state index contributed by atoms with van der Waals surface area (Å²) in [7, 11) is 0. The fourth-order valence-corrected chi connectivity index (χ4v) is 4.04. The first-order valence-electron chi connectivity index (χ1n) is 10.4. The molecule has 1 aliphatic rings. The van der Waals surface area contributed by atoms with Crippen LogP contribution in [0.3, 0.4) is 0 Å². The number of imidazole rings is 1. The number of primary amides is 1. The van der Waals surface area contributed by atoms with E-state index >= 15 is 0 Å². The molecular formula is C22H28F3N7O. The summed E-state index contributed by atoms with van der Waals surface area (Å²) in [6, 6.07) is 1.16. The zero-order valence-electron chi connectivity index (χ0n) is 17.7. The molecule has 2 heterocycles. The molecule has 11 heteroatoms. The van der Waals surface area contributed by atoms with Crippen molar-refractivity contribution in [3.05, 3.63) is 35.8 Å². The van der Waals surface area contributed by atoms with Gasteiger partial charge in [0, 0.05) is 30.1 Å². The summed E-state index contributed by atoms with van der Waals surface area (Å²) in [6.07, 6.45) is 3.92. The number of halogens is 3. The molecule has 1 aromatic carbocycles. The molecule has 1 aliphatic carbocycles. The molecule has 4 N–H and O–H groups in total. The van der Waals surface area contributed by atoms with Gasteiger partial charge in [0.15, 0.2) is 17.3 Å². The van der Waals surface area contributed by atoms with E-state index in [1.54, 1.807) is 4.57 Å². The van der Waals surface area contributed by atoms with Crippen LogP contribution >= 0.6 is 0 Å². The average molecular weight is 464 g/mol. The molecule has 0 radical (unpaired) electrons. The van der Waals surface area contributed by atoms with Crippen molar-refractivity contribution >= 4 is 34.7 Å². The predicted molar refractivity (Wildman–Crippen MR) is 121 cm³/mol. The molecule has 0 bridgehead atoms. The third kappa shape index (κ3) is 5.01. The van der Waals surface area contributed by atoms with Gasteiger partial charge in [-0.05, 0) is 39.5 Å². The predicted octanol–water partition coefficient (Wildman–Crippen LogP) is 4.66. The highest BCUT2D eigenvalue weighted by Crippen LogP contribution is 2.37. The summed E-state index contributed by atoms with van der Waals surface area (Å²) < 4.78 is 43.7. The normalized spacial score (nSPS) is 18.2. The SMILES string of the molecule is C.CC(C)Nc1ncc2nc(Nc3c(F)cc(F)cc3F)n(C3CCC(C(N)=O)CC3)c2n1. The second-order valence-electron chi connectivity index (χ2n) is 8.28. The van der Waals surface area contributed by atoms with Gasteiger partial charge in [-0.2, -0.15) is 4.98 Å². The Bertz CT molecular complexity index is 1130. The van der Waals surface area contributed by atoms with Crippen molar-refractivity contribution in [2.45, 2.75) is 59.0 Å². The molecule has 1 saturated carbocycles. The molecule has 4 rings (SSSR count). The molecule has 2 aromatic heterocycles. The molecule has 0 saturated heterocycles. The third-order valence-corrected chi connectivity index (χ3v) is 5.56. The van der Waals surface area contributed by atoms with Gasteiger partial charge < -0.3 is 16.4 Å². The van der Waals surface area contributed by atoms with E-state index < -0.39 is 23.1 Å². The van der Waals surface area contributed by atoms with Crippen LogP contribution in [0.15, 0.2) is 18.3 Å². The molecule has 8 nitrogen and oxygen atoms in total. The zero-order chi connectivity index (χ0) is 23.0. The molecule has 0 aliphatic heterocycles. The number of anilines is 3. The third-order valence-electron chi connectivity index (χ3n) is 5.56. The minimum Gasteiger partial charge on any atom is -0.369 e. The molecule has 0 unspecified atom stereocenters. The number of hydrogen-bond acceptors (Lipinski definition) is 6. The van der Waals surface area contributed by atoms with Gasteiger partial charge in [-0.15, -0.1) is 0 Å². The maximum absolute atomic E-state index is 14.3. The first-order chi connectivity index (χ1) is 15.2. The van der Waals surface area contributed by atoms with Crippen molar-refractivity contribution in [1.82, 2.24) is 19.5 Å². The Morgan fingerprint density at radius 2 is 1.76 bits per heavy atom. The Hall–Kier alpha value is -3.37. The molecule has 1 fully saturated rings. The fraction of sp³-hybridized carbons (Fsp3) is 0.455. The zero-order valence-corrected chi connectivity index (χ0v) is 17.7. The van der Waals surface area contributed by atoms with E-state index in [1.165, 1.54) is 6.20 Å². The van der Waals surface area contributed by atoms with Gasteiger partial charge in [0.05, 0.1) is 6.20 Å². The number of nitrogens with zero attached hydrogens (tertiary/aromatic N) is 4. The van der Waals surface area contributed by atoms with Crippen LogP contribution in [0, 0.1) is 23.4 Å². The number of fused-ring (bicyclic) bond motifs is 1. The maximum atomic E-state index is 14.3. The van der Waals surface area contributed by atoms with E-state index in [4.69, 9.17) is 5.73 Å². The van der Waals surface area contributed by atoms with Crippen molar-refractivity contribution in [2.75, 3.05) is 10.6 Å². The second kappa shape index (κ2) is 9.63. The minimum absolute atomic E-state index is 0. The Balaban J connectivity index is 0.00000306. The number of nitrogens with one attached hydrogen (secondary N) is 2. The van der Waals surface area contributed by atoms with Crippen molar-refractivity contribution in [2.24, 2.45) is 11.7 Å². The number of aromatic nitrogens is 4. The van der Waals surface area contributed by atoms with Crippen LogP contribution in [-0.2, 0) is 4.79 Å². The van der Waals surface area contributed by atoms with Crippen molar-refractivity contribution in [3.63, 3.8) is 0 Å². The molecular weight excluding hydrogens is 435 g/mol. The van der Waals surface area contributed by atoms with E-state index in [1.807, 2.05) is 13.8 Å². The summed E-state index contributed by atoms with van der Waals surface area (Å²) in [4.78, 5) is 24.8. The van der Waals surface area contributed by atoms with Crippen LogP contribution < -0.4 is 16.4 Å².